The molecule has 0 heterocycles. The summed E-state index contributed by atoms with van der Waals surface area (Å²) in [6.07, 6.45) is 0.933. The van der Waals surface area contributed by atoms with E-state index in [1.165, 1.54) is 0 Å². The molecule has 0 fully saturated rings. The molecule has 2 N–H and O–H groups in total. The Morgan fingerprint density at radius 2 is 1.94 bits per heavy atom. The smallest absolute Gasteiger partial charge is 0.254 e. The Bertz CT molecular complexity index is 438. The summed E-state index contributed by atoms with van der Waals surface area (Å²) in [5.41, 5.74) is 2.32. The highest BCUT2D eigenvalue weighted by molar-refractivity contribution is 5.97. The first-order valence-corrected chi connectivity index (χ1v) is 6.51. The molecule has 1 atom stereocenters. The number of benzene rings is 1. The number of hydrogen-bond donors (Lipinski definition) is 2. The van der Waals surface area contributed by atoms with E-state index in [0.29, 0.717) is 11.5 Å². The molecule has 0 aromatic heterocycles. The number of hydrogen-bond acceptors (Lipinski definition) is 2. The molecule has 0 saturated heterocycles. The van der Waals surface area contributed by atoms with E-state index in [2.05, 4.69) is 33.0 Å². The average Bonchev–Trinajstić information content (AvgIpc) is 2.36. The number of phenolic OH excluding ortho intramolecular Hbond substituents is 1. The van der Waals surface area contributed by atoms with E-state index in [1.807, 2.05) is 6.07 Å². The molecular formula is C15H23NO2. The molecule has 3 heteroatoms. The second-order valence-electron chi connectivity index (χ2n) is 5.05. The maximum absolute atomic E-state index is 11.8. The highest BCUT2D eigenvalue weighted by Gasteiger charge is 2.19. The second-order valence-corrected chi connectivity index (χ2v) is 5.05. The van der Waals surface area contributed by atoms with Crippen molar-refractivity contribution in [3.8, 4) is 5.75 Å². The van der Waals surface area contributed by atoms with Crippen molar-refractivity contribution in [2.75, 3.05) is 7.05 Å². The minimum absolute atomic E-state index is 0.119. The van der Waals surface area contributed by atoms with Crippen LogP contribution in [0.5, 0.6) is 5.75 Å². The fourth-order valence-electron chi connectivity index (χ4n) is 1.92. The Labute approximate surface area is 109 Å². The van der Waals surface area contributed by atoms with Crippen molar-refractivity contribution in [3.63, 3.8) is 0 Å². The normalized spacial score (nSPS) is 12.6. The van der Waals surface area contributed by atoms with Crippen LogP contribution in [-0.2, 0) is 0 Å². The predicted octanol–water partition coefficient (Wildman–Crippen LogP) is 3.39. The van der Waals surface area contributed by atoms with Crippen LogP contribution in [0.3, 0.4) is 0 Å². The van der Waals surface area contributed by atoms with Gasteiger partial charge in [-0.3, -0.25) is 4.79 Å². The summed E-state index contributed by atoms with van der Waals surface area (Å²) in [4.78, 5) is 11.8. The first kappa shape index (κ1) is 14.6. The molecule has 100 valence electrons. The average molecular weight is 249 g/mol. The highest BCUT2D eigenvalue weighted by Crippen LogP contribution is 2.34. The lowest BCUT2D eigenvalue weighted by atomic mass is 9.90. The van der Waals surface area contributed by atoms with Gasteiger partial charge in [-0.1, -0.05) is 33.8 Å². The molecule has 0 saturated carbocycles. The van der Waals surface area contributed by atoms with Crippen molar-refractivity contribution >= 4 is 5.91 Å². The molecule has 0 spiro atoms. The molecule has 1 aromatic carbocycles. The van der Waals surface area contributed by atoms with Crippen molar-refractivity contribution < 1.29 is 9.90 Å². The van der Waals surface area contributed by atoms with Crippen molar-refractivity contribution in [1.29, 1.82) is 0 Å². The third-order valence-electron chi connectivity index (χ3n) is 3.44. The van der Waals surface area contributed by atoms with Gasteiger partial charge in [0.05, 0.1) is 5.56 Å². The molecular weight excluding hydrogens is 226 g/mol. The van der Waals surface area contributed by atoms with E-state index in [0.717, 1.165) is 17.5 Å². The van der Waals surface area contributed by atoms with Crippen molar-refractivity contribution in [1.82, 2.24) is 5.32 Å². The molecule has 1 rings (SSSR count). The van der Waals surface area contributed by atoms with Gasteiger partial charge in [0.1, 0.15) is 5.75 Å². The number of carbonyl (C=O) groups is 1. The van der Waals surface area contributed by atoms with Gasteiger partial charge in [-0.05, 0) is 35.4 Å². The Hall–Kier alpha value is -1.51. The molecule has 0 aliphatic rings. The van der Waals surface area contributed by atoms with Crippen LogP contribution in [-0.4, -0.2) is 18.1 Å². The van der Waals surface area contributed by atoms with E-state index < -0.39 is 0 Å². The summed E-state index contributed by atoms with van der Waals surface area (Å²) >= 11 is 0. The number of rotatable bonds is 4. The van der Waals surface area contributed by atoms with Gasteiger partial charge in [0.15, 0.2) is 0 Å². The van der Waals surface area contributed by atoms with Crippen molar-refractivity contribution in [2.24, 2.45) is 0 Å². The van der Waals surface area contributed by atoms with Crippen LogP contribution >= 0.6 is 0 Å². The van der Waals surface area contributed by atoms with Gasteiger partial charge in [0.25, 0.3) is 5.91 Å². The van der Waals surface area contributed by atoms with E-state index in [-0.39, 0.29) is 17.6 Å². The first-order chi connectivity index (χ1) is 8.42. The minimum atomic E-state index is -0.237. The van der Waals surface area contributed by atoms with Gasteiger partial charge in [-0.15, -0.1) is 0 Å². The van der Waals surface area contributed by atoms with Gasteiger partial charge in [-0.2, -0.15) is 0 Å². The summed E-state index contributed by atoms with van der Waals surface area (Å²) in [6, 6.07) is 3.80. The van der Waals surface area contributed by atoms with E-state index in [9.17, 15) is 9.90 Å². The molecule has 18 heavy (non-hydrogen) atoms. The lowest BCUT2D eigenvalue weighted by molar-refractivity contribution is 0.0960. The van der Waals surface area contributed by atoms with Crippen LogP contribution in [0.25, 0.3) is 0 Å². The summed E-state index contributed by atoms with van der Waals surface area (Å²) in [5, 5.41) is 12.8. The fraction of sp³-hybridized carbons (Fsp3) is 0.533. The Morgan fingerprint density at radius 1 is 1.33 bits per heavy atom. The van der Waals surface area contributed by atoms with Gasteiger partial charge < -0.3 is 10.4 Å². The molecule has 1 amide bonds. The summed E-state index contributed by atoms with van der Waals surface area (Å²) in [6.45, 7) is 8.30. The quantitative estimate of drug-likeness (QED) is 0.859. The molecule has 1 aromatic rings. The molecule has 0 bridgehead atoms. The SMILES string of the molecule is CCC(C)c1cc(C(C)C)cc(C(=O)NC)c1O. The van der Waals surface area contributed by atoms with E-state index >= 15 is 0 Å². The minimum Gasteiger partial charge on any atom is -0.507 e. The van der Waals surface area contributed by atoms with Gasteiger partial charge >= 0.3 is 0 Å². The zero-order valence-electron chi connectivity index (χ0n) is 11.9. The molecule has 0 aliphatic carbocycles. The van der Waals surface area contributed by atoms with Crippen LogP contribution in [0.15, 0.2) is 12.1 Å². The van der Waals surface area contributed by atoms with Crippen LogP contribution in [0.4, 0.5) is 0 Å². The van der Waals surface area contributed by atoms with Crippen LogP contribution in [0, 0.1) is 0 Å². The summed E-state index contributed by atoms with van der Waals surface area (Å²) < 4.78 is 0. The zero-order valence-corrected chi connectivity index (χ0v) is 11.9. The number of amides is 1. The molecule has 0 aliphatic heterocycles. The first-order valence-electron chi connectivity index (χ1n) is 6.51. The van der Waals surface area contributed by atoms with E-state index in [4.69, 9.17) is 0 Å². The number of aromatic hydroxyl groups is 1. The fourth-order valence-corrected chi connectivity index (χ4v) is 1.92. The van der Waals surface area contributed by atoms with Crippen molar-refractivity contribution in [2.45, 2.75) is 46.0 Å². The second kappa shape index (κ2) is 5.89. The maximum Gasteiger partial charge on any atom is 0.254 e. The maximum atomic E-state index is 11.8. The molecule has 1 unspecified atom stereocenters. The van der Waals surface area contributed by atoms with Crippen LogP contribution in [0.1, 0.15) is 67.4 Å². The van der Waals surface area contributed by atoms with Gasteiger partial charge in [0.2, 0.25) is 0 Å². The molecule has 3 nitrogen and oxygen atoms in total. The lowest BCUT2D eigenvalue weighted by Crippen LogP contribution is -2.19. The lowest BCUT2D eigenvalue weighted by Gasteiger charge is -2.17. The topological polar surface area (TPSA) is 49.3 Å². The number of carbonyl (C=O) groups excluding carboxylic acids is 1. The number of phenols is 1. The van der Waals surface area contributed by atoms with Crippen molar-refractivity contribution in [3.05, 3.63) is 28.8 Å². The van der Waals surface area contributed by atoms with Gasteiger partial charge in [-0.25, -0.2) is 0 Å². The highest BCUT2D eigenvalue weighted by atomic mass is 16.3. The Morgan fingerprint density at radius 3 is 2.39 bits per heavy atom. The van der Waals surface area contributed by atoms with Gasteiger partial charge in [0, 0.05) is 7.05 Å². The standard InChI is InChI=1S/C15H23NO2/c1-6-10(4)12-7-11(9(2)3)8-13(14(12)17)15(18)16-5/h7-10,17H,6H2,1-5H3,(H,16,18). The summed E-state index contributed by atoms with van der Waals surface area (Å²) in [5.74, 6) is 0.455. The van der Waals surface area contributed by atoms with E-state index in [1.54, 1.807) is 13.1 Å². The molecule has 0 radical (unpaired) electrons. The van der Waals surface area contributed by atoms with Crippen LogP contribution < -0.4 is 5.32 Å². The zero-order chi connectivity index (χ0) is 13.9. The summed E-state index contributed by atoms with van der Waals surface area (Å²) in [7, 11) is 1.58. The Balaban J connectivity index is 3.42. The Kier molecular flexibility index (Phi) is 4.76. The third kappa shape index (κ3) is 2.84. The predicted molar refractivity (Wildman–Crippen MR) is 74.3 cm³/mol. The number of nitrogens with one attached hydrogen (secondary N) is 1. The van der Waals surface area contributed by atoms with Crippen LogP contribution in [0.2, 0.25) is 0 Å². The monoisotopic (exact) mass is 249 g/mol. The largest absolute Gasteiger partial charge is 0.507 e. The third-order valence-corrected chi connectivity index (χ3v) is 3.44.